The minimum Gasteiger partial charge on any atom is -0.348 e. The summed E-state index contributed by atoms with van der Waals surface area (Å²) in [4.78, 5) is 12.1. The van der Waals surface area contributed by atoms with E-state index in [-0.39, 0.29) is 22.7 Å². The molecule has 0 fully saturated rings. The third-order valence-electron chi connectivity index (χ3n) is 3.26. The summed E-state index contributed by atoms with van der Waals surface area (Å²) >= 11 is 4.36. The highest BCUT2D eigenvalue weighted by Gasteiger charge is 2.25. The second kappa shape index (κ2) is 7.57. The SMILES string of the molecule is C[C@@H](NC(=O)CN(C)S(=O)(=O)c1ccc(Br)s1)c1ccccc1. The fourth-order valence-corrected chi connectivity index (χ4v) is 5.34. The van der Waals surface area contributed by atoms with Gasteiger partial charge in [0.1, 0.15) is 4.21 Å². The molecule has 8 heteroatoms. The van der Waals surface area contributed by atoms with Gasteiger partial charge in [-0.15, -0.1) is 11.3 Å². The van der Waals surface area contributed by atoms with Crippen molar-refractivity contribution in [2.45, 2.75) is 17.2 Å². The largest absolute Gasteiger partial charge is 0.348 e. The van der Waals surface area contributed by atoms with Gasteiger partial charge in [-0.25, -0.2) is 8.42 Å². The van der Waals surface area contributed by atoms with Gasteiger partial charge in [-0.1, -0.05) is 30.3 Å². The molecule has 1 atom stereocenters. The fraction of sp³-hybridized carbons (Fsp3) is 0.267. The van der Waals surface area contributed by atoms with Crippen molar-refractivity contribution in [1.29, 1.82) is 0 Å². The smallest absolute Gasteiger partial charge is 0.252 e. The van der Waals surface area contributed by atoms with E-state index < -0.39 is 10.0 Å². The molecule has 0 aliphatic rings. The van der Waals surface area contributed by atoms with Crippen LogP contribution in [0.15, 0.2) is 50.5 Å². The van der Waals surface area contributed by atoms with E-state index in [4.69, 9.17) is 0 Å². The first kappa shape index (κ1) is 18.1. The van der Waals surface area contributed by atoms with Crippen LogP contribution in [0, 0.1) is 0 Å². The average molecular weight is 417 g/mol. The van der Waals surface area contributed by atoms with Crippen LogP contribution < -0.4 is 5.32 Å². The molecule has 0 spiro atoms. The Morgan fingerprint density at radius 2 is 1.91 bits per heavy atom. The maximum atomic E-state index is 12.4. The summed E-state index contributed by atoms with van der Waals surface area (Å²) in [7, 11) is -2.25. The molecule has 0 aliphatic heterocycles. The van der Waals surface area contributed by atoms with Gasteiger partial charge in [0.25, 0.3) is 10.0 Å². The molecule has 0 radical (unpaired) electrons. The summed E-state index contributed by atoms with van der Waals surface area (Å²) in [6.07, 6.45) is 0. The third-order valence-corrected chi connectivity index (χ3v) is 7.15. The van der Waals surface area contributed by atoms with E-state index in [1.54, 1.807) is 6.07 Å². The van der Waals surface area contributed by atoms with Crippen LogP contribution in [-0.2, 0) is 14.8 Å². The Labute approximate surface area is 148 Å². The van der Waals surface area contributed by atoms with E-state index >= 15 is 0 Å². The lowest BCUT2D eigenvalue weighted by atomic mass is 10.1. The van der Waals surface area contributed by atoms with Crippen LogP contribution in [0.2, 0.25) is 0 Å². The number of amides is 1. The minimum atomic E-state index is -3.65. The first-order valence-electron chi connectivity index (χ1n) is 6.86. The van der Waals surface area contributed by atoms with E-state index in [0.717, 1.165) is 25.0 Å². The summed E-state index contributed by atoms with van der Waals surface area (Å²) in [5.41, 5.74) is 0.966. The number of carbonyl (C=O) groups is 1. The van der Waals surface area contributed by atoms with Crippen LogP contribution in [0.1, 0.15) is 18.5 Å². The summed E-state index contributed by atoms with van der Waals surface area (Å²) in [6.45, 7) is 1.63. The lowest BCUT2D eigenvalue weighted by Crippen LogP contribution is -2.39. The topological polar surface area (TPSA) is 66.5 Å². The molecule has 2 aromatic rings. The summed E-state index contributed by atoms with van der Waals surface area (Å²) < 4.78 is 26.7. The number of rotatable bonds is 6. The van der Waals surface area contributed by atoms with Gasteiger partial charge in [-0.3, -0.25) is 4.79 Å². The number of hydrogen-bond acceptors (Lipinski definition) is 4. The van der Waals surface area contributed by atoms with Crippen LogP contribution >= 0.6 is 27.3 Å². The van der Waals surface area contributed by atoms with Crippen molar-refractivity contribution in [3.05, 3.63) is 51.8 Å². The van der Waals surface area contributed by atoms with Crippen molar-refractivity contribution < 1.29 is 13.2 Å². The molecule has 5 nitrogen and oxygen atoms in total. The molecule has 1 aromatic carbocycles. The summed E-state index contributed by atoms with van der Waals surface area (Å²) in [6, 6.07) is 12.5. The quantitative estimate of drug-likeness (QED) is 0.786. The van der Waals surface area contributed by atoms with Crippen LogP contribution in [0.4, 0.5) is 0 Å². The Bertz CT molecular complexity index is 775. The van der Waals surface area contributed by atoms with Crippen molar-refractivity contribution in [3.8, 4) is 0 Å². The zero-order chi connectivity index (χ0) is 17.0. The lowest BCUT2D eigenvalue weighted by molar-refractivity contribution is -0.121. The first-order chi connectivity index (χ1) is 10.8. The van der Waals surface area contributed by atoms with Gasteiger partial charge in [-0.05, 0) is 40.5 Å². The normalized spacial score (nSPS) is 13.0. The molecule has 2 rings (SSSR count). The number of nitrogens with zero attached hydrogens (tertiary/aromatic N) is 1. The average Bonchev–Trinajstić information content (AvgIpc) is 2.95. The van der Waals surface area contributed by atoms with E-state index in [9.17, 15) is 13.2 Å². The molecule has 0 aliphatic carbocycles. The van der Waals surface area contributed by atoms with Crippen molar-refractivity contribution >= 4 is 43.2 Å². The molecule has 124 valence electrons. The number of benzene rings is 1. The number of thiophene rings is 1. The van der Waals surface area contributed by atoms with Gasteiger partial charge in [0, 0.05) is 7.05 Å². The Kier molecular flexibility index (Phi) is 5.96. The van der Waals surface area contributed by atoms with Crippen LogP contribution in [-0.4, -0.2) is 32.2 Å². The monoisotopic (exact) mass is 416 g/mol. The third kappa shape index (κ3) is 4.63. The highest BCUT2D eigenvalue weighted by Crippen LogP contribution is 2.27. The Balaban J connectivity index is 1.99. The van der Waals surface area contributed by atoms with Crippen molar-refractivity contribution in [2.75, 3.05) is 13.6 Å². The van der Waals surface area contributed by atoms with Crippen molar-refractivity contribution in [1.82, 2.24) is 9.62 Å². The van der Waals surface area contributed by atoms with Gasteiger partial charge >= 0.3 is 0 Å². The molecule has 0 unspecified atom stereocenters. The Hall–Kier alpha value is -1.22. The van der Waals surface area contributed by atoms with Gasteiger partial charge in [-0.2, -0.15) is 4.31 Å². The van der Waals surface area contributed by atoms with Crippen LogP contribution in [0.25, 0.3) is 0 Å². The number of hydrogen-bond donors (Lipinski definition) is 1. The molecule has 1 aromatic heterocycles. The van der Waals surface area contributed by atoms with E-state index in [0.29, 0.717) is 0 Å². The molecule has 1 amide bonds. The molecule has 0 saturated heterocycles. The Morgan fingerprint density at radius 1 is 1.26 bits per heavy atom. The summed E-state index contributed by atoms with van der Waals surface area (Å²) in [5.74, 6) is -0.344. The zero-order valence-corrected chi connectivity index (χ0v) is 15.9. The number of carbonyl (C=O) groups excluding carboxylic acids is 1. The maximum Gasteiger partial charge on any atom is 0.252 e. The van der Waals surface area contributed by atoms with Crippen LogP contribution in [0.3, 0.4) is 0 Å². The molecule has 0 bridgehead atoms. The maximum absolute atomic E-state index is 12.4. The number of halogens is 1. The molecular weight excluding hydrogens is 400 g/mol. The number of likely N-dealkylation sites (N-methyl/N-ethyl adjacent to an activating group) is 1. The zero-order valence-electron chi connectivity index (χ0n) is 12.7. The minimum absolute atomic E-state index is 0.185. The highest BCUT2D eigenvalue weighted by atomic mass is 79.9. The first-order valence-corrected chi connectivity index (χ1v) is 9.91. The summed E-state index contributed by atoms with van der Waals surface area (Å²) in [5, 5.41) is 2.80. The Morgan fingerprint density at radius 3 is 2.48 bits per heavy atom. The lowest BCUT2D eigenvalue weighted by Gasteiger charge is -2.18. The molecular formula is C15H17BrN2O3S2. The van der Waals surface area contributed by atoms with Gasteiger partial charge in [0.2, 0.25) is 5.91 Å². The number of nitrogens with one attached hydrogen (secondary N) is 1. The van der Waals surface area contributed by atoms with E-state index in [1.165, 1.54) is 13.1 Å². The van der Waals surface area contributed by atoms with E-state index in [2.05, 4.69) is 21.2 Å². The second-order valence-electron chi connectivity index (χ2n) is 5.02. The van der Waals surface area contributed by atoms with Gasteiger partial charge < -0.3 is 5.32 Å². The van der Waals surface area contributed by atoms with Gasteiger partial charge in [0.15, 0.2) is 0 Å². The second-order valence-corrected chi connectivity index (χ2v) is 9.75. The molecule has 1 heterocycles. The molecule has 0 saturated carbocycles. The van der Waals surface area contributed by atoms with Crippen LogP contribution in [0.5, 0.6) is 0 Å². The number of sulfonamides is 1. The predicted molar refractivity (Wildman–Crippen MR) is 94.8 cm³/mol. The van der Waals surface area contributed by atoms with Crippen molar-refractivity contribution in [2.24, 2.45) is 0 Å². The standard InChI is InChI=1S/C15H17BrN2O3S2/c1-11(12-6-4-3-5-7-12)17-14(19)10-18(2)23(20,21)15-9-8-13(16)22-15/h3-9,11H,10H2,1-2H3,(H,17,19)/t11-/m1/s1. The van der Waals surface area contributed by atoms with Crippen molar-refractivity contribution in [3.63, 3.8) is 0 Å². The van der Waals surface area contributed by atoms with E-state index in [1.807, 2.05) is 37.3 Å². The molecule has 23 heavy (non-hydrogen) atoms. The fourth-order valence-electron chi connectivity index (χ4n) is 1.99. The van der Waals surface area contributed by atoms with Gasteiger partial charge in [0.05, 0.1) is 16.4 Å². The molecule has 1 N–H and O–H groups in total. The predicted octanol–water partition coefficient (Wildman–Crippen LogP) is 3.01. The highest BCUT2D eigenvalue weighted by molar-refractivity contribution is 9.11.